The maximum absolute atomic E-state index is 13.0. The maximum Gasteiger partial charge on any atom is 0.243 e. The number of amides is 1. The fourth-order valence-corrected chi connectivity index (χ4v) is 4.61. The van der Waals surface area contributed by atoms with Crippen molar-refractivity contribution in [3.63, 3.8) is 0 Å². The number of ether oxygens (including phenoxy) is 1. The second-order valence-corrected chi connectivity index (χ2v) is 7.76. The Morgan fingerprint density at radius 2 is 1.78 bits per heavy atom. The molecule has 1 amide bonds. The van der Waals surface area contributed by atoms with Gasteiger partial charge in [0.05, 0.1) is 12.0 Å². The van der Waals surface area contributed by atoms with E-state index in [-0.39, 0.29) is 5.91 Å². The lowest BCUT2D eigenvalue weighted by Crippen LogP contribution is -2.36. The van der Waals surface area contributed by atoms with Gasteiger partial charge in [-0.1, -0.05) is 0 Å². The lowest BCUT2D eigenvalue weighted by Gasteiger charge is -2.22. The first-order chi connectivity index (χ1) is 10.8. The SMILES string of the molecule is COc1cc(C)c(S(=O)(=O)N2CCCN(C(C)=O)CC2)cc1C. The summed E-state index contributed by atoms with van der Waals surface area (Å²) in [7, 11) is -2.00. The molecule has 0 aliphatic carbocycles. The van der Waals surface area contributed by atoms with E-state index in [0.29, 0.717) is 48.8 Å². The van der Waals surface area contributed by atoms with E-state index < -0.39 is 10.0 Å². The van der Waals surface area contributed by atoms with Gasteiger partial charge in [0, 0.05) is 33.1 Å². The first-order valence-electron chi connectivity index (χ1n) is 7.68. The number of aryl methyl sites for hydroxylation is 2. The molecule has 0 aromatic heterocycles. The van der Waals surface area contributed by atoms with Crippen LogP contribution in [0.25, 0.3) is 0 Å². The highest BCUT2D eigenvalue weighted by Crippen LogP contribution is 2.28. The Morgan fingerprint density at radius 3 is 2.39 bits per heavy atom. The predicted molar refractivity (Wildman–Crippen MR) is 88.1 cm³/mol. The molecule has 1 aliphatic heterocycles. The van der Waals surface area contributed by atoms with Crippen molar-refractivity contribution in [2.75, 3.05) is 33.3 Å². The van der Waals surface area contributed by atoms with Crippen molar-refractivity contribution >= 4 is 15.9 Å². The molecular formula is C16H24N2O4S. The first kappa shape index (κ1) is 17.7. The van der Waals surface area contributed by atoms with Crippen LogP contribution in [0.1, 0.15) is 24.5 Å². The molecule has 128 valence electrons. The van der Waals surface area contributed by atoms with Crippen LogP contribution in [0.15, 0.2) is 17.0 Å². The van der Waals surface area contributed by atoms with Gasteiger partial charge in [0.2, 0.25) is 15.9 Å². The van der Waals surface area contributed by atoms with Crippen LogP contribution in [-0.2, 0) is 14.8 Å². The van der Waals surface area contributed by atoms with Crippen molar-refractivity contribution in [1.29, 1.82) is 0 Å². The number of hydrogen-bond donors (Lipinski definition) is 0. The van der Waals surface area contributed by atoms with E-state index in [2.05, 4.69) is 0 Å². The molecule has 0 saturated carbocycles. The zero-order chi connectivity index (χ0) is 17.2. The van der Waals surface area contributed by atoms with Crippen LogP contribution in [0, 0.1) is 13.8 Å². The van der Waals surface area contributed by atoms with Crippen molar-refractivity contribution in [2.24, 2.45) is 0 Å². The Labute approximate surface area is 138 Å². The van der Waals surface area contributed by atoms with E-state index in [9.17, 15) is 13.2 Å². The molecule has 6 nitrogen and oxygen atoms in total. The van der Waals surface area contributed by atoms with Gasteiger partial charge in [-0.05, 0) is 43.5 Å². The minimum absolute atomic E-state index is 0.0132. The quantitative estimate of drug-likeness (QED) is 0.837. The summed E-state index contributed by atoms with van der Waals surface area (Å²) in [5.41, 5.74) is 1.46. The van der Waals surface area contributed by atoms with Gasteiger partial charge in [-0.3, -0.25) is 4.79 Å². The van der Waals surface area contributed by atoms with Crippen LogP contribution < -0.4 is 4.74 Å². The fraction of sp³-hybridized carbons (Fsp3) is 0.562. The molecule has 0 unspecified atom stereocenters. The summed E-state index contributed by atoms with van der Waals surface area (Å²) in [5.74, 6) is 0.667. The van der Waals surface area contributed by atoms with Gasteiger partial charge < -0.3 is 9.64 Å². The summed E-state index contributed by atoms with van der Waals surface area (Å²) < 4.78 is 32.7. The third kappa shape index (κ3) is 3.67. The third-order valence-corrected chi connectivity index (χ3v) is 6.25. The Hall–Kier alpha value is -1.60. The first-order valence-corrected chi connectivity index (χ1v) is 9.12. The normalized spacial score (nSPS) is 17.0. The molecule has 0 radical (unpaired) electrons. The standard InChI is InChI=1S/C16H24N2O4S/c1-12-11-16(13(2)10-15(12)22-4)23(20,21)18-7-5-6-17(8-9-18)14(3)19/h10-11H,5-9H2,1-4H3. The summed E-state index contributed by atoms with van der Waals surface area (Å²) in [4.78, 5) is 13.5. The predicted octanol–water partition coefficient (Wildman–Crippen LogP) is 1.55. The second kappa shape index (κ2) is 6.88. The van der Waals surface area contributed by atoms with Crippen LogP contribution in [0.3, 0.4) is 0 Å². The van der Waals surface area contributed by atoms with Crippen LogP contribution in [-0.4, -0.2) is 56.8 Å². The molecule has 1 saturated heterocycles. The van der Waals surface area contributed by atoms with Gasteiger partial charge in [-0.25, -0.2) is 8.42 Å². The topological polar surface area (TPSA) is 66.9 Å². The number of hydrogen-bond acceptors (Lipinski definition) is 4. The molecule has 1 aromatic carbocycles. The number of methoxy groups -OCH3 is 1. The average Bonchev–Trinajstić information content (AvgIpc) is 2.75. The van der Waals surface area contributed by atoms with E-state index in [1.54, 1.807) is 31.1 Å². The minimum Gasteiger partial charge on any atom is -0.496 e. The Balaban J connectivity index is 2.31. The number of carbonyl (C=O) groups is 1. The highest BCUT2D eigenvalue weighted by Gasteiger charge is 2.29. The average molecular weight is 340 g/mol. The number of carbonyl (C=O) groups excluding carboxylic acids is 1. The number of nitrogens with zero attached hydrogens (tertiary/aromatic N) is 2. The number of benzene rings is 1. The highest BCUT2D eigenvalue weighted by atomic mass is 32.2. The summed E-state index contributed by atoms with van der Waals surface area (Å²) >= 11 is 0. The molecule has 0 spiro atoms. The molecule has 0 atom stereocenters. The molecular weight excluding hydrogens is 316 g/mol. The van der Waals surface area contributed by atoms with Gasteiger partial charge in [-0.2, -0.15) is 4.31 Å². The van der Waals surface area contributed by atoms with Crippen molar-refractivity contribution in [1.82, 2.24) is 9.21 Å². The van der Waals surface area contributed by atoms with Gasteiger partial charge in [0.15, 0.2) is 0 Å². The van der Waals surface area contributed by atoms with E-state index in [0.717, 1.165) is 5.56 Å². The molecule has 23 heavy (non-hydrogen) atoms. The largest absolute Gasteiger partial charge is 0.496 e. The van der Waals surface area contributed by atoms with Crippen molar-refractivity contribution < 1.29 is 17.9 Å². The molecule has 0 bridgehead atoms. The number of rotatable bonds is 3. The van der Waals surface area contributed by atoms with E-state index in [4.69, 9.17) is 4.74 Å². The molecule has 1 aliphatic rings. The molecule has 0 N–H and O–H groups in total. The van der Waals surface area contributed by atoms with Gasteiger partial charge >= 0.3 is 0 Å². The van der Waals surface area contributed by atoms with E-state index >= 15 is 0 Å². The fourth-order valence-electron chi connectivity index (χ4n) is 2.85. The summed E-state index contributed by atoms with van der Waals surface area (Å²) in [6.07, 6.45) is 0.646. The molecule has 1 fully saturated rings. The molecule has 2 rings (SSSR count). The lowest BCUT2D eigenvalue weighted by atomic mass is 10.1. The third-order valence-electron chi connectivity index (χ3n) is 4.21. The van der Waals surface area contributed by atoms with Gasteiger partial charge in [0.1, 0.15) is 5.75 Å². The van der Waals surface area contributed by atoms with Crippen LogP contribution >= 0.6 is 0 Å². The zero-order valence-electron chi connectivity index (χ0n) is 14.1. The Bertz CT molecular complexity index is 700. The monoisotopic (exact) mass is 340 g/mol. The minimum atomic E-state index is -3.57. The second-order valence-electron chi connectivity index (χ2n) is 5.85. The van der Waals surface area contributed by atoms with Gasteiger partial charge in [-0.15, -0.1) is 0 Å². The number of sulfonamides is 1. The Kier molecular flexibility index (Phi) is 5.31. The van der Waals surface area contributed by atoms with Crippen molar-refractivity contribution in [3.8, 4) is 5.75 Å². The molecule has 1 heterocycles. The van der Waals surface area contributed by atoms with Crippen LogP contribution in [0.2, 0.25) is 0 Å². The lowest BCUT2D eigenvalue weighted by molar-refractivity contribution is -0.128. The Morgan fingerprint density at radius 1 is 1.09 bits per heavy atom. The maximum atomic E-state index is 13.0. The molecule has 7 heteroatoms. The summed E-state index contributed by atoms with van der Waals surface area (Å²) in [6.45, 7) is 6.90. The van der Waals surface area contributed by atoms with Gasteiger partial charge in [0.25, 0.3) is 0 Å². The van der Waals surface area contributed by atoms with Crippen LogP contribution in [0.4, 0.5) is 0 Å². The van der Waals surface area contributed by atoms with E-state index in [1.807, 2.05) is 6.92 Å². The van der Waals surface area contributed by atoms with Crippen LogP contribution in [0.5, 0.6) is 5.75 Å². The summed E-state index contributed by atoms with van der Waals surface area (Å²) in [5, 5.41) is 0. The van der Waals surface area contributed by atoms with Crippen molar-refractivity contribution in [3.05, 3.63) is 23.3 Å². The zero-order valence-corrected chi connectivity index (χ0v) is 14.9. The summed E-state index contributed by atoms with van der Waals surface area (Å²) in [6, 6.07) is 3.42. The van der Waals surface area contributed by atoms with E-state index in [1.165, 1.54) is 11.2 Å². The highest BCUT2D eigenvalue weighted by molar-refractivity contribution is 7.89. The molecule has 1 aromatic rings. The smallest absolute Gasteiger partial charge is 0.243 e. The van der Waals surface area contributed by atoms with Crippen molar-refractivity contribution in [2.45, 2.75) is 32.1 Å².